The molecule has 39 heavy (non-hydrogen) atoms. The summed E-state index contributed by atoms with van der Waals surface area (Å²) in [5.41, 5.74) is 2.21. The number of carbonyl (C=O) groups excluding carboxylic acids is 3. The molecule has 2 aromatic rings. The van der Waals surface area contributed by atoms with Gasteiger partial charge in [0.05, 0.1) is 47.6 Å². The van der Waals surface area contributed by atoms with Crippen molar-refractivity contribution in [1.29, 1.82) is 0 Å². The molecule has 204 valence electrons. The second-order valence-electron chi connectivity index (χ2n) is 9.04. The Labute approximate surface area is 228 Å². The van der Waals surface area contributed by atoms with Crippen molar-refractivity contribution in [3.8, 4) is 0 Å². The van der Waals surface area contributed by atoms with E-state index in [-0.39, 0.29) is 10.6 Å². The second-order valence-corrected chi connectivity index (χ2v) is 10.0. The Kier molecular flexibility index (Phi) is 8.10. The standard InChI is InChI=1S/C26H27N5O7S/c32-24(27-19-3-1-2-4-20(19)28-7-11-37-12-8-28)17-30-25(33)23(39-26(30)34)16-18-5-6-21(22(15-18)31(35)36)29-9-13-38-14-10-29/h1-6,15-16H,7-14,17H2,(H,27,32)/b23-16-. The summed E-state index contributed by atoms with van der Waals surface area (Å²) in [6, 6.07) is 12.0. The summed E-state index contributed by atoms with van der Waals surface area (Å²) in [5, 5.41) is 14.0. The lowest BCUT2D eigenvalue weighted by Gasteiger charge is -2.30. The number of ether oxygens (including phenoxy) is 2. The largest absolute Gasteiger partial charge is 0.378 e. The van der Waals surface area contributed by atoms with Gasteiger partial charge in [-0.25, -0.2) is 0 Å². The van der Waals surface area contributed by atoms with Crippen LogP contribution in [-0.4, -0.2) is 86.0 Å². The summed E-state index contributed by atoms with van der Waals surface area (Å²) in [6.45, 7) is 4.15. The third-order valence-corrected chi connectivity index (χ3v) is 7.46. The molecule has 0 aromatic heterocycles. The molecule has 3 aliphatic heterocycles. The monoisotopic (exact) mass is 553 g/mol. The molecule has 0 bridgehead atoms. The molecule has 0 spiro atoms. The van der Waals surface area contributed by atoms with Gasteiger partial charge in [0.2, 0.25) is 5.91 Å². The lowest BCUT2D eigenvalue weighted by molar-refractivity contribution is -0.384. The minimum Gasteiger partial charge on any atom is -0.378 e. The zero-order valence-corrected chi connectivity index (χ0v) is 21.9. The highest BCUT2D eigenvalue weighted by molar-refractivity contribution is 8.18. The number of para-hydroxylation sites is 2. The number of morpholine rings is 2. The highest BCUT2D eigenvalue weighted by atomic mass is 32.2. The molecule has 1 N–H and O–H groups in total. The SMILES string of the molecule is O=C(CN1C(=O)S/C(=C\c2ccc(N3CCOCC3)c([N+](=O)[O-])c2)C1=O)Nc1ccccc1N1CCOCC1. The molecule has 3 aliphatic rings. The summed E-state index contributed by atoms with van der Waals surface area (Å²) in [5.74, 6) is -1.13. The van der Waals surface area contributed by atoms with E-state index in [1.807, 2.05) is 17.0 Å². The number of hydrogen-bond donors (Lipinski definition) is 1. The maximum Gasteiger partial charge on any atom is 0.294 e. The van der Waals surface area contributed by atoms with Crippen LogP contribution in [0.3, 0.4) is 0 Å². The Morgan fingerprint density at radius 3 is 2.28 bits per heavy atom. The van der Waals surface area contributed by atoms with Crippen molar-refractivity contribution in [1.82, 2.24) is 4.90 Å². The van der Waals surface area contributed by atoms with Crippen molar-refractivity contribution in [2.45, 2.75) is 0 Å². The van der Waals surface area contributed by atoms with Crippen molar-refractivity contribution >= 4 is 57.6 Å². The third kappa shape index (κ3) is 6.05. The van der Waals surface area contributed by atoms with E-state index in [4.69, 9.17) is 9.47 Å². The summed E-state index contributed by atoms with van der Waals surface area (Å²) < 4.78 is 10.7. The predicted octanol–water partition coefficient (Wildman–Crippen LogP) is 2.94. The van der Waals surface area contributed by atoms with E-state index < -0.39 is 28.5 Å². The van der Waals surface area contributed by atoms with Crippen LogP contribution in [0, 0.1) is 10.1 Å². The van der Waals surface area contributed by atoms with Gasteiger partial charge in [0, 0.05) is 32.2 Å². The van der Waals surface area contributed by atoms with E-state index in [1.54, 1.807) is 24.3 Å². The van der Waals surface area contributed by atoms with Crippen LogP contribution in [0.5, 0.6) is 0 Å². The van der Waals surface area contributed by atoms with E-state index in [1.165, 1.54) is 12.1 Å². The van der Waals surface area contributed by atoms with Crippen LogP contribution in [0.1, 0.15) is 5.56 Å². The van der Waals surface area contributed by atoms with Gasteiger partial charge in [-0.15, -0.1) is 0 Å². The van der Waals surface area contributed by atoms with Crippen LogP contribution >= 0.6 is 11.8 Å². The highest BCUT2D eigenvalue weighted by Crippen LogP contribution is 2.35. The molecule has 0 aliphatic carbocycles. The van der Waals surface area contributed by atoms with Gasteiger partial charge in [-0.1, -0.05) is 18.2 Å². The number of nitro benzene ring substituents is 1. The van der Waals surface area contributed by atoms with E-state index in [0.717, 1.165) is 10.6 Å². The van der Waals surface area contributed by atoms with Gasteiger partial charge in [0.25, 0.3) is 16.8 Å². The van der Waals surface area contributed by atoms with Crippen LogP contribution in [-0.2, 0) is 19.1 Å². The van der Waals surface area contributed by atoms with Crippen LogP contribution in [0.2, 0.25) is 0 Å². The molecule has 3 amide bonds. The zero-order chi connectivity index (χ0) is 27.4. The van der Waals surface area contributed by atoms with E-state index in [9.17, 15) is 24.5 Å². The highest BCUT2D eigenvalue weighted by Gasteiger charge is 2.36. The summed E-state index contributed by atoms with van der Waals surface area (Å²) in [7, 11) is 0. The molecule has 0 saturated carbocycles. The molecular weight excluding hydrogens is 526 g/mol. The fourth-order valence-corrected chi connectivity index (χ4v) is 5.47. The molecule has 3 saturated heterocycles. The first-order chi connectivity index (χ1) is 18.9. The van der Waals surface area contributed by atoms with Crippen LogP contribution in [0.15, 0.2) is 47.4 Å². The number of benzene rings is 2. The third-order valence-electron chi connectivity index (χ3n) is 6.55. The normalized spacial score (nSPS) is 19.1. The van der Waals surface area contributed by atoms with Crippen LogP contribution in [0.4, 0.5) is 27.5 Å². The average molecular weight is 554 g/mol. The van der Waals surface area contributed by atoms with Gasteiger partial charge in [-0.05, 0) is 41.6 Å². The summed E-state index contributed by atoms with van der Waals surface area (Å²) in [6.07, 6.45) is 1.44. The first-order valence-corrected chi connectivity index (χ1v) is 13.3. The van der Waals surface area contributed by atoms with Gasteiger partial charge in [-0.2, -0.15) is 0 Å². The number of carbonyl (C=O) groups is 3. The maximum atomic E-state index is 13.0. The Hall–Kier alpha value is -3.94. The number of nitrogens with one attached hydrogen (secondary N) is 1. The smallest absolute Gasteiger partial charge is 0.294 e. The van der Waals surface area contributed by atoms with E-state index in [2.05, 4.69) is 10.2 Å². The van der Waals surface area contributed by atoms with E-state index >= 15 is 0 Å². The van der Waals surface area contributed by atoms with Crippen molar-refractivity contribution in [2.75, 3.05) is 74.3 Å². The molecule has 12 nitrogen and oxygen atoms in total. The number of thioether (sulfide) groups is 1. The quantitative estimate of drug-likeness (QED) is 0.310. The number of nitro groups is 1. The fourth-order valence-electron chi connectivity index (χ4n) is 4.63. The molecule has 13 heteroatoms. The first kappa shape index (κ1) is 26.7. The minimum absolute atomic E-state index is 0.0925. The Balaban J connectivity index is 1.28. The van der Waals surface area contributed by atoms with Crippen molar-refractivity contribution in [3.05, 3.63) is 63.0 Å². The van der Waals surface area contributed by atoms with Crippen LogP contribution < -0.4 is 15.1 Å². The van der Waals surface area contributed by atoms with Gasteiger partial charge in [0.15, 0.2) is 0 Å². The Morgan fingerprint density at radius 2 is 1.62 bits per heavy atom. The lowest BCUT2D eigenvalue weighted by atomic mass is 10.1. The fraction of sp³-hybridized carbons (Fsp3) is 0.346. The van der Waals surface area contributed by atoms with Crippen molar-refractivity contribution in [2.24, 2.45) is 0 Å². The number of nitrogens with zero attached hydrogens (tertiary/aromatic N) is 4. The average Bonchev–Trinajstić information content (AvgIpc) is 3.21. The zero-order valence-electron chi connectivity index (χ0n) is 21.0. The molecular formula is C26H27N5O7S. The van der Waals surface area contributed by atoms with E-state index in [0.29, 0.717) is 81.3 Å². The minimum atomic E-state index is -0.624. The van der Waals surface area contributed by atoms with Crippen molar-refractivity contribution < 1.29 is 28.8 Å². The molecule has 2 aromatic carbocycles. The van der Waals surface area contributed by atoms with Gasteiger partial charge < -0.3 is 24.6 Å². The molecule has 3 heterocycles. The molecule has 5 rings (SSSR count). The number of anilines is 3. The maximum absolute atomic E-state index is 13.0. The van der Waals surface area contributed by atoms with Gasteiger partial charge in [0.1, 0.15) is 12.2 Å². The lowest BCUT2D eigenvalue weighted by Crippen LogP contribution is -2.38. The number of amides is 3. The summed E-state index contributed by atoms with van der Waals surface area (Å²) >= 11 is 0.697. The van der Waals surface area contributed by atoms with Crippen molar-refractivity contribution in [3.63, 3.8) is 0 Å². The number of rotatable bonds is 7. The van der Waals surface area contributed by atoms with Crippen LogP contribution in [0.25, 0.3) is 6.08 Å². The topological polar surface area (TPSA) is 135 Å². The van der Waals surface area contributed by atoms with Gasteiger partial charge in [-0.3, -0.25) is 29.4 Å². The summed E-state index contributed by atoms with van der Waals surface area (Å²) in [4.78, 5) is 54.7. The Morgan fingerprint density at radius 1 is 0.974 bits per heavy atom. The molecule has 0 radical (unpaired) electrons. The number of hydrogen-bond acceptors (Lipinski definition) is 10. The molecule has 3 fully saturated rings. The predicted molar refractivity (Wildman–Crippen MR) is 147 cm³/mol. The molecule has 0 unspecified atom stereocenters. The molecule has 0 atom stereocenters. The number of imide groups is 1. The van der Waals surface area contributed by atoms with Gasteiger partial charge >= 0.3 is 0 Å². The second kappa shape index (κ2) is 11.8. The Bertz CT molecular complexity index is 1320. The first-order valence-electron chi connectivity index (χ1n) is 12.5.